The molecule has 0 aliphatic heterocycles. The molecule has 82 valence electrons. The minimum atomic E-state index is -1.83. The molecule has 0 aliphatic rings. The first-order chi connectivity index (χ1) is 5.20. The van der Waals surface area contributed by atoms with Crippen LogP contribution in [0.1, 0.15) is 20.8 Å². The molecular weight excluding hydrogens is 295 g/mol. The van der Waals surface area contributed by atoms with Crippen molar-refractivity contribution in [1.82, 2.24) is 0 Å². The molecule has 0 atom stereocenters. The van der Waals surface area contributed by atoms with Gasteiger partial charge < -0.3 is 20.4 Å². The van der Waals surface area contributed by atoms with Crippen LogP contribution >= 0.6 is 24.0 Å². The molecule has 0 saturated carbocycles. The smallest absolute Gasteiger partial charge is 0.450 e. The van der Waals surface area contributed by atoms with E-state index in [4.69, 9.17) is 30.0 Å². The molecule has 4 N–H and O–H groups in total. The highest BCUT2D eigenvalue weighted by Crippen LogP contribution is 1.81. The number of rotatable bonds is 0. The second kappa shape index (κ2) is 17.4. The van der Waals surface area contributed by atoms with Gasteiger partial charge in [-0.3, -0.25) is 0 Å². The van der Waals surface area contributed by atoms with E-state index in [1.54, 1.807) is 0 Å². The number of hydrogen-bond acceptors (Lipinski definition) is 2. The third kappa shape index (κ3) is 1820. The van der Waals surface area contributed by atoms with E-state index in [0.717, 1.165) is 5.92 Å². The molecule has 0 heterocycles. The summed E-state index contributed by atoms with van der Waals surface area (Å²) < 4.78 is 0. The van der Waals surface area contributed by atoms with E-state index in [0.29, 0.717) is 0 Å². The Morgan fingerprint density at radius 2 is 0.846 bits per heavy atom. The molecule has 0 spiro atoms. The Bertz CT molecular complexity index is 102. The van der Waals surface area contributed by atoms with Gasteiger partial charge in [0.25, 0.3) is 0 Å². The molecule has 0 fully saturated rings. The maximum absolute atomic E-state index is 8.56. The Morgan fingerprint density at radius 3 is 0.846 bits per heavy atom. The fraction of sp³-hybridized carbons (Fsp3) is 0.667. The van der Waals surface area contributed by atoms with Gasteiger partial charge in [-0.2, -0.15) is 0 Å². The van der Waals surface area contributed by atoms with Gasteiger partial charge in [0.15, 0.2) is 0 Å². The predicted octanol–water partition coefficient (Wildman–Crippen LogP) is 2.73. The van der Waals surface area contributed by atoms with Crippen molar-refractivity contribution in [2.75, 3.05) is 0 Å². The van der Waals surface area contributed by atoms with E-state index in [2.05, 4.69) is 20.8 Å². The average molecular weight is 310 g/mol. The van der Waals surface area contributed by atoms with Crippen molar-refractivity contribution in [3.05, 3.63) is 0 Å². The second-order valence-electron chi connectivity index (χ2n) is 2.30. The van der Waals surface area contributed by atoms with E-state index >= 15 is 0 Å². The summed E-state index contributed by atoms with van der Waals surface area (Å²) in [6.07, 6.45) is -3.67. The van der Waals surface area contributed by atoms with Gasteiger partial charge >= 0.3 is 12.3 Å². The SMILES string of the molecule is CC(C)C.I.O=C(O)O.O=C(O)O. The molecule has 0 bridgehead atoms. The standard InChI is InChI=1S/C4H10.2CH2O3.HI/c1-4(2)3;2*2-1(3)4;/h4H,1-3H3;2*(H2,2,3,4);1H. The van der Waals surface area contributed by atoms with Crippen molar-refractivity contribution >= 4 is 36.3 Å². The van der Waals surface area contributed by atoms with Crippen LogP contribution in [0.2, 0.25) is 0 Å². The molecule has 6 nitrogen and oxygen atoms in total. The van der Waals surface area contributed by atoms with Crippen LogP contribution < -0.4 is 0 Å². The molecule has 0 rings (SSSR count). The Morgan fingerprint density at radius 1 is 0.846 bits per heavy atom. The van der Waals surface area contributed by atoms with E-state index in [1.807, 2.05) is 0 Å². The number of hydrogen-bond donors (Lipinski definition) is 4. The fourth-order valence-corrected chi connectivity index (χ4v) is 0. The lowest BCUT2D eigenvalue weighted by Crippen LogP contribution is -1.81. The summed E-state index contributed by atoms with van der Waals surface area (Å²) in [5.74, 6) is 0.833. The lowest BCUT2D eigenvalue weighted by atomic mass is 10.3. The summed E-state index contributed by atoms with van der Waals surface area (Å²) >= 11 is 0. The normalized spacial score (nSPS) is 6.46. The van der Waals surface area contributed by atoms with Crippen molar-refractivity contribution < 1.29 is 30.0 Å². The molecule has 0 aromatic rings. The summed E-state index contributed by atoms with van der Waals surface area (Å²) in [6, 6.07) is 0. The van der Waals surface area contributed by atoms with Crippen LogP contribution in [0, 0.1) is 5.92 Å². The number of carboxylic acid groups (broad SMARTS) is 4. The van der Waals surface area contributed by atoms with Crippen molar-refractivity contribution in [3.8, 4) is 0 Å². The first-order valence-electron chi connectivity index (χ1n) is 3.03. The Kier molecular flexibility index (Phi) is 30.5. The van der Waals surface area contributed by atoms with Crippen LogP contribution in [0.15, 0.2) is 0 Å². The minimum absolute atomic E-state index is 0. The van der Waals surface area contributed by atoms with Gasteiger partial charge in [-0.05, 0) is 5.92 Å². The summed E-state index contributed by atoms with van der Waals surface area (Å²) in [5, 5.41) is 27.9. The molecule has 0 aromatic heterocycles. The van der Waals surface area contributed by atoms with Crippen LogP contribution in [0.5, 0.6) is 0 Å². The first-order valence-corrected chi connectivity index (χ1v) is 3.03. The second-order valence-corrected chi connectivity index (χ2v) is 2.30. The Hall–Kier alpha value is -0.730. The van der Waals surface area contributed by atoms with Crippen LogP contribution in [-0.4, -0.2) is 32.7 Å². The maximum atomic E-state index is 8.56. The first kappa shape index (κ1) is 22.8. The van der Waals surface area contributed by atoms with Gasteiger partial charge in [0.05, 0.1) is 0 Å². The van der Waals surface area contributed by atoms with Crippen LogP contribution in [0.4, 0.5) is 9.59 Å². The quantitative estimate of drug-likeness (QED) is 0.511. The van der Waals surface area contributed by atoms with Crippen molar-refractivity contribution in [2.45, 2.75) is 20.8 Å². The highest BCUT2D eigenvalue weighted by Gasteiger charge is 1.70. The van der Waals surface area contributed by atoms with Gasteiger partial charge in [0.1, 0.15) is 0 Å². The zero-order chi connectivity index (χ0) is 10.7. The third-order valence-corrected chi connectivity index (χ3v) is 0. The Balaban J connectivity index is -0.0000000450. The summed E-state index contributed by atoms with van der Waals surface area (Å²) in [6.45, 7) is 6.50. The molecule has 0 aromatic carbocycles. The van der Waals surface area contributed by atoms with E-state index in [9.17, 15) is 0 Å². The summed E-state index contributed by atoms with van der Waals surface area (Å²) in [7, 11) is 0. The molecule has 13 heavy (non-hydrogen) atoms. The number of carbonyl (C=O) groups is 2. The van der Waals surface area contributed by atoms with E-state index in [1.165, 1.54) is 0 Å². The highest BCUT2D eigenvalue weighted by molar-refractivity contribution is 14.0. The van der Waals surface area contributed by atoms with Crippen molar-refractivity contribution in [3.63, 3.8) is 0 Å². The average Bonchev–Trinajstić information content (AvgIpc) is 1.54. The molecule has 0 radical (unpaired) electrons. The minimum Gasteiger partial charge on any atom is -0.450 e. The molecule has 0 aliphatic carbocycles. The molecule has 0 saturated heterocycles. The molecular formula is C6H15IO6. The summed E-state index contributed by atoms with van der Waals surface area (Å²) in [4.78, 5) is 17.1. The largest absolute Gasteiger partial charge is 0.503 e. The topological polar surface area (TPSA) is 115 Å². The zero-order valence-corrected chi connectivity index (χ0v) is 9.92. The number of halogens is 1. The third-order valence-electron chi connectivity index (χ3n) is 0. The van der Waals surface area contributed by atoms with E-state index in [-0.39, 0.29) is 24.0 Å². The summed E-state index contributed by atoms with van der Waals surface area (Å²) in [5.41, 5.74) is 0. The van der Waals surface area contributed by atoms with Crippen molar-refractivity contribution in [2.24, 2.45) is 5.92 Å². The van der Waals surface area contributed by atoms with Gasteiger partial charge in [-0.15, -0.1) is 24.0 Å². The fourth-order valence-electron chi connectivity index (χ4n) is 0. The highest BCUT2D eigenvalue weighted by atomic mass is 127. The monoisotopic (exact) mass is 310 g/mol. The maximum Gasteiger partial charge on any atom is 0.503 e. The molecule has 0 unspecified atom stereocenters. The lowest BCUT2D eigenvalue weighted by Gasteiger charge is -1.79. The van der Waals surface area contributed by atoms with Gasteiger partial charge in [0.2, 0.25) is 0 Å². The lowest BCUT2D eigenvalue weighted by molar-refractivity contribution is 0.135. The van der Waals surface area contributed by atoms with Gasteiger partial charge in [0, 0.05) is 0 Å². The zero-order valence-electron chi connectivity index (χ0n) is 7.59. The Labute approximate surface area is 93.2 Å². The van der Waals surface area contributed by atoms with Crippen LogP contribution in [0.3, 0.4) is 0 Å². The van der Waals surface area contributed by atoms with Crippen LogP contribution in [0.25, 0.3) is 0 Å². The molecule has 7 heteroatoms. The van der Waals surface area contributed by atoms with Crippen LogP contribution in [-0.2, 0) is 0 Å². The van der Waals surface area contributed by atoms with E-state index < -0.39 is 12.3 Å². The van der Waals surface area contributed by atoms with Crippen molar-refractivity contribution in [1.29, 1.82) is 0 Å². The van der Waals surface area contributed by atoms with Gasteiger partial charge in [-0.1, -0.05) is 20.8 Å². The molecule has 0 amide bonds. The predicted molar refractivity (Wildman–Crippen MR) is 57.2 cm³/mol. The van der Waals surface area contributed by atoms with Gasteiger partial charge in [-0.25, -0.2) is 9.59 Å².